The minimum Gasteiger partial charge on any atom is -0.502 e. The van der Waals surface area contributed by atoms with Crippen molar-refractivity contribution in [3.05, 3.63) is 62.3 Å². The largest absolute Gasteiger partial charge is 0.502 e. The molecule has 2 aromatic rings. The highest BCUT2D eigenvalue weighted by Crippen LogP contribution is 2.30. The second kappa shape index (κ2) is 8.00. The number of rotatable bonds is 4. The minimum absolute atomic E-state index is 0.0782. The highest BCUT2D eigenvalue weighted by atomic mass is 35.5. The maximum Gasteiger partial charge on any atom is 0.277 e. The predicted molar refractivity (Wildman–Crippen MR) is 114 cm³/mol. The molecule has 4 rings (SSSR count). The van der Waals surface area contributed by atoms with E-state index in [2.05, 4.69) is 6.92 Å². The molecule has 1 amide bonds. The fourth-order valence-electron chi connectivity index (χ4n) is 4.34. The standard InChI is InChI=1S/C22H23ClFN3O4/c1-12-3-8-18-25(2)22(31)19-21(30)20(29)15(11-27(19)26(18)10-12)17(28)7-5-13-4-6-14(23)9-16(13)24/h4,6,9,11-12,18,30H,3,5,7-8,10H2,1-2H3/t12-,18-/m0/s1. The molecule has 0 bridgehead atoms. The summed E-state index contributed by atoms with van der Waals surface area (Å²) in [5, 5.41) is 12.7. The lowest BCUT2D eigenvalue weighted by molar-refractivity contribution is 0.0566. The molecule has 1 N–H and O–H groups in total. The Morgan fingerprint density at radius 3 is 2.74 bits per heavy atom. The molecule has 31 heavy (non-hydrogen) atoms. The van der Waals surface area contributed by atoms with Gasteiger partial charge in [-0.05, 0) is 42.9 Å². The number of aryl methyl sites for hydroxylation is 1. The fourth-order valence-corrected chi connectivity index (χ4v) is 4.50. The summed E-state index contributed by atoms with van der Waals surface area (Å²) < 4.78 is 15.5. The monoisotopic (exact) mass is 447 g/mol. The first kappa shape index (κ1) is 21.4. The minimum atomic E-state index is -0.891. The van der Waals surface area contributed by atoms with Crippen LogP contribution < -0.4 is 10.4 Å². The molecule has 1 saturated heterocycles. The number of aromatic nitrogens is 1. The van der Waals surface area contributed by atoms with E-state index in [0.29, 0.717) is 18.0 Å². The van der Waals surface area contributed by atoms with Gasteiger partial charge in [0.1, 0.15) is 12.0 Å². The number of carbonyl (C=O) groups excluding carboxylic acids is 2. The van der Waals surface area contributed by atoms with Gasteiger partial charge < -0.3 is 10.0 Å². The third-order valence-electron chi connectivity index (χ3n) is 6.11. The summed E-state index contributed by atoms with van der Waals surface area (Å²) in [6, 6.07) is 4.20. The molecule has 1 aromatic carbocycles. The summed E-state index contributed by atoms with van der Waals surface area (Å²) in [6.07, 6.45) is 2.76. The molecule has 1 fully saturated rings. The maximum atomic E-state index is 14.0. The van der Waals surface area contributed by atoms with Crippen molar-refractivity contribution in [2.24, 2.45) is 5.92 Å². The Kier molecular flexibility index (Phi) is 5.51. The molecule has 3 heterocycles. The van der Waals surface area contributed by atoms with Crippen molar-refractivity contribution in [1.82, 2.24) is 9.58 Å². The number of carbonyl (C=O) groups is 2. The number of fused-ring (bicyclic) bond motifs is 3. The van der Waals surface area contributed by atoms with Gasteiger partial charge in [-0.15, -0.1) is 0 Å². The van der Waals surface area contributed by atoms with Crippen LogP contribution in [0, 0.1) is 11.7 Å². The van der Waals surface area contributed by atoms with E-state index in [1.165, 1.54) is 34.0 Å². The summed E-state index contributed by atoms with van der Waals surface area (Å²) in [7, 11) is 1.64. The van der Waals surface area contributed by atoms with E-state index in [1.807, 2.05) is 5.01 Å². The summed E-state index contributed by atoms with van der Waals surface area (Å²) in [6.45, 7) is 2.70. The van der Waals surface area contributed by atoms with Crippen LogP contribution in [0.25, 0.3) is 0 Å². The van der Waals surface area contributed by atoms with E-state index in [4.69, 9.17) is 11.6 Å². The van der Waals surface area contributed by atoms with Crippen molar-refractivity contribution in [3.8, 4) is 5.75 Å². The molecule has 0 radical (unpaired) electrons. The van der Waals surface area contributed by atoms with E-state index in [9.17, 15) is 23.9 Å². The summed E-state index contributed by atoms with van der Waals surface area (Å²) in [4.78, 5) is 39.9. The number of hydrogen-bond donors (Lipinski definition) is 1. The van der Waals surface area contributed by atoms with Crippen LogP contribution in [-0.2, 0) is 6.42 Å². The summed E-state index contributed by atoms with van der Waals surface area (Å²) in [5.41, 5.74) is -0.942. The van der Waals surface area contributed by atoms with Crippen molar-refractivity contribution in [2.45, 2.75) is 38.8 Å². The molecule has 2 atom stereocenters. The third kappa shape index (κ3) is 3.69. The highest BCUT2D eigenvalue weighted by molar-refractivity contribution is 6.30. The van der Waals surface area contributed by atoms with E-state index in [0.717, 1.165) is 12.8 Å². The Hall–Kier alpha value is -2.87. The first-order valence-electron chi connectivity index (χ1n) is 10.2. The van der Waals surface area contributed by atoms with Gasteiger partial charge in [0.2, 0.25) is 5.43 Å². The zero-order chi connectivity index (χ0) is 22.4. The second-order valence-electron chi connectivity index (χ2n) is 8.27. The number of aromatic hydroxyl groups is 1. The lowest BCUT2D eigenvalue weighted by Gasteiger charge is -2.49. The van der Waals surface area contributed by atoms with E-state index in [-0.39, 0.29) is 35.3 Å². The number of ketones is 1. The molecule has 164 valence electrons. The number of hydrogen-bond acceptors (Lipinski definition) is 5. The number of nitrogens with zero attached hydrogens (tertiary/aromatic N) is 3. The molecule has 9 heteroatoms. The van der Waals surface area contributed by atoms with Crippen molar-refractivity contribution in [3.63, 3.8) is 0 Å². The number of pyridine rings is 1. The molecular weight excluding hydrogens is 425 g/mol. The number of piperidine rings is 1. The second-order valence-corrected chi connectivity index (χ2v) is 8.71. The molecule has 0 spiro atoms. The molecule has 0 saturated carbocycles. The first-order chi connectivity index (χ1) is 14.7. The van der Waals surface area contributed by atoms with Crippen LogP contribution in [0.4, 0.5) is 4.39 Å². The Bertz CT molecular complexity index is 1130. The van der Waals surface area contributed by atoms with Crippen molar-refractivity contribution in [2.75, 3.05) is 18.6 Å². The van der Waals surface area contributed by atoms with Crippen LogP contribution in [0.15, 0.2) is 29.2 Å². The number of benzene rings is 1. The van der Waals surface area contributed by atoms with Crippen LogP contribution in [-0.4, -0.2) is 46.1 Å². The Morgan fingerprint density at radius 2 is 2.03 bits per heavy atom. The van der Waals surface area contributed by atoms with E-state index >= 15 is 0 Å². The van der Waals surface area contributed by atoms with Crippen LogP contribution in [0.2, 0.25) is 5.02 Å². The highest BCUT2D eigenvalue weighted by Gasteiger charge is 2.41. The van der Waals surface area contributed by atoms with Gasteiger partial charge in [-0.1, -0.05) is 24.6 Å². The van der Waals surface area contributed by atoms with Gasteiger partial charge in [0.05, 0.1) is 5.56 Å². The van der Waals surface area contributed by atoms with Gasteiger partial charge in [0.25, 0.3) is 5.91 Å². The van der Waals surface area contributed by atoms with Crippen LogP contribution >= 0.6 is 11.6 Å². The average molecular weight is 448 g/mol. The molecule has 1 aromatic heterocycles. The zero-order valence-electron chi connectivity index (χ0n) is 17.3. The Morgan fingerprint density at radius 1 is 1.29 bits per heavy atom. The van der Waals surface area contributed by atoms with Gasteiger partial charge >= 0.3 is 0 Å². The molecule has 7 nitrogen and oxygen atoms in total. The Labute approximate surface area is 183 Å². The third-order valence-corrected chi connectivity index (χ3v) is 6.34. The first-order valence-corrected chi connectivity index (χ1v) is 10.6. The predicted octanol–water partition coefficient (Wildman–Crippen LogP) is 2.94. The van der Waals surface area contributed by atoms with Crippen molar-refractivity contribution >= 4 is 23.3 Å². The fraction of sp³-hybridized carbons (Fsp3) is 0.409. The lowest BCUT2D eigenvalue weighted by atomic mass is 9.97. The number of Topliss-reactive ketones (excluding diaryl/α,β-unsaturated/α-hetero) is 1. The van der Waals surface area contributed by atoms with Gasteiger partial charge in [-0.2, -0.15) is 0 Å². The van der Waals surface area contributed by atoms with Gasteiger partial charge in [-0.3, -0.25) is 24.1 Å². The molecule has 2 aliphatic heterocycles. The zero-order valence-corrected chi connectivity index (χ0v) is 18.0. The number of amides is 1. The molecule has 0 unspecified atom stereocenters. The lowest BCUT2D eigenvalue weighted by Crippen LogP contribution is -2.63. The van der Waals surface area contributed by atoms with Crippen LogP contribution in [0.1, 0.15) is 52.6 Å². The average Bonchev–Trinajstić information content (AvgIpc) is 2.73. The van der Waals surface area contributed by atoms with Crippen LogP contribution in [0.5, 0.6) is 5.75 Å². The smallest absolute Gasteiger partial charge is 0.277 e. The Balaban J connectivity index is 1.69. The van der Waals surface area contributed by atoms with Crippen molar-refractivity contribution < 1.29 is 19.1 Å². The van der Waals surface area contributed by atoms with Gasteiger partial charge in [0.15, 0.2) is 17.2 Å². The summed E-state index contributed by atoms with van der Waals surface area (Å²) in [5.74, 6) is -1.91. The SMILES string of the molecule is C[C@H]1CC[C@H]2N(C)C(=O)c3c(O)c(=O)c(C(=O)CCc4ccc(Cl)cc4F)cn3N2C1. The normalized spacial score (nSPS) is 20.5. The maximum absolute atomic E-state index is 14.0. The molecule has 0 aliphatic carbocycles. The van der Waals surface area contributed by atoms with Gasteiger partial charge in [-0.25, -0.2) is 4.39 Å². The van der Waals surface area contributed by atoms with E-state index < -0.39 is 28.7 Å². The topological polar surface area (TPSA) is 82.9 Å². The summed E-state index contributed by atoms with van der Waals surface area (Å²) >= 11 is 5.75. The van der Waals surface area contributed by atoms with Crippen LogP contribution in [0.3, 0.4) is 0 Å². The quantitative estimate of drug-likeness (QED) is 0.729. The van der Waals surface area contributed by atoms with Gasteiger partial charge in [0, 0.05) is 31.2 Å². The molecular formula is C22H23ClFN3O4. The molecule has 2 aliphatic rings. The van der Waals surface area contributed by atoms with Crippen molar-refractivity contribution in [1.29, 1.82) is 0 Å². The van der Waals surface area contributed by atoms with E-state index in [1.54, 1.807) is 7.05 Å². The number of halogens is 2.